The Bertz CT molecular complexity index is 1100. The van der Waals surface area contributed by atoms with Gasteiger partial charge < -0.3 is 9.63 Å². The number of sulfonamides is 1. The first-order valence-corrected chi connectivity index (χ1v) is 9.36. The molecule has 27 heavy (non-hydrogen) atoms. The Morgan fingerprint density at radius 3 is 2.56 bits per heavy atom. The van der Waals surface area contributed by atoms with Gasteiger partial charge in [-0.15, -0.1) is 11.3 Å². The topological polar surface area (TPSA) is 110 Å². The highest BCUT2D eigenvalue weighted by Crippen LogP contribution is 2.35. The Hall–Kier alpha value is -2.86. The Morgan fingerprint density at radius 1 is 1.19 bits per heavy atom. The second-order valence-electron chi connectivity index (χ2n) is 5.18. The zero-order chi connectivity index (χ0) is 19.8. The summed E-state index contributed by atoms with van der Waals surface area (Å²) in [6.07, 6.45) is -4.70. The Morgan fingerprint density at radius 2 is 1.93 bits per heavy atom. The van der Waals surface area contributed by atoms with Crippen molar-refractivity contribution in [1.82, 2.24) is 5.16 Å². The molecule has 0 saturated carbocycles. The number of aromatic nitrogens is 1. The molecule has 142 valence electrons. The number of halogens is 3. The third kappa shape index (κ3) is 4.11. The lowest BCUT2D eigenvalue weighted by Crippen LogP contribution is -2.12. The molecule has 2 N–H and O–H groups in total. The van der Waals surface area contributed by atoms with Crippen molar-refractivity contribution in [1.29, 1.82) is 0 Å². The van der Waals surface area contributed by atoms with Crippen molar-refractivity contribution in [2.24, 2.45) is 0 Å². The maximum absolute atomic E-state index is 12.6. The van der Waals surface area contributed by atoms with E-state index in [1.165, 1.54) is 30.3 Å². The molecule has 2 aromatic heterocycles. The van der Waals surface area contributed by atoms with Crippen molar-refractivity contribution in [2.75, 3.05) is 4.72 Å². The van der Waals surface area contributed by atoms with E-state index in [-0.39, 0.29) is 26.0 Å². The number of carboxylic acid groups (broad SMARTS) is 1. The minimum atomic E-state index is -4.70. The molecule has 3 aromatic rings. The summed E-state index contributed by atoms with van der Waals surface area (Å²) in [6.45, 7) is 0. The summed E-state index contributed by atoms with van der Waals surface area (Å²) in [5, 5.41) is 12.2. The monoisotopic (exact) mass is 418 g/mol. The molecule has 12 heteroatoms. The van der Waals surface area contributed by atoms with Crippen LogP contribution in [-0.4, -0.2) is 24.7 Å². The summed E-state index contributed by atoms with van der Waals surface area (Å²) in [4.78, 5) is 11.1. The maximum atomic E-state index is 12.6. The van der Waals surface area contributed by atoms with Crippen LogP contribution in [0, 0.1) is 0 Å². The van der Waals surface area contributed by atoms with Gasteiger partial charge in [0.15, 0.2) is 0 Å². The highest BCUT2D eigenvalue weighted by molar-refractivity contribution is 7.94. The molecule has 0 spiro atoms. The average Bonchev–Trinajstić information content (AvgIpc) is 3.23. The maximum Gasteiger partial charge on any atom is 0.452 e. The van der Waals surface area contributed by atoms with Gasteiger partial charge in [-0.25, -0.2) is 13.2 Å². The van der Waals surface area contributed by atoms with Crippen molar-refractivity contribution in [2.45, 2.75) is 10.4 Å². The molecule has 0 aliphatic rings. The van der Waals surface area contributed by atoms with Gasteiger partial charge in [0.2, 0.25) is 5.76 Å². The van der Waals surface area contributed by atoms with Crippen molar-refractivity contribution in [3.05, 3.63) is 53.8 Å². The lowest BCUT2D eigenvalue weighted by Gasteiger charge is -2.06. The zero-order valence-corrected chi connectivity index (χ0v) is 14.7. The summed E-state index contributed by atoms with van der Waals surface area (Å²) >= 11 is 0.690. The number of anilines is 1. The number of hydrogen-bond donors (Lipinski definition) is 2. The normalized spacial score (nSPS) is 12.1. The highest BCUT2D eigenvalue weighted by atomic mass is 32.2. The van der Waals surface area contributed by atoms with Crippen LogP contribution in [0.15, 0.2) is 51.2 Å². The zero-order valence-electron chi connectivity index (χ0n) is 13.0. The van der Waals surface area contributed by atoms with Crippen molar-refractivity contribution >= 4 is 33.0 Å². The van der Waals surface area contributed by atoms with Crippen LogP contribution in [0.1, 0.15) is 16.1 Å². The van der Waals surface area contributed by atoms with Crippen LogP contribution in [0.2, 0.25) is 0 Å². The van der Waals surface area contributed by atoms with Gasteiger partial charge in [-0.05, 0) is 30.3 Å². The fourth-order valence-electron chi connectivity index (χ4n) is 2.05. The highest BCUT2D eigenvalue weighted by Gasteiger charge is 2.36. The predicted octanol–water partition coefficient (Wildman–Crippen LogP) is 3.92. The summed E-state index contributed by atoms with van der Waals surface area (Å²) in [5.74, 6) is -2.51. The molecule has 0 unspecified atom stereocenters. The molecule has 0 aliphatic heterocycles. The molecule has 3 rings (SSSR count). The molecule has 7 nitrogen and oxygen atoms in total. The average molecular weight is 418 g/mol. The molecular formula is C15H9F3N2O5S2. The number of carbonyl (C=O) groups is 1. The number of carboxylic acids is 1. The quantitative estimate of drug-likeness (QED) is 0.650. The largest absolute Gasteiger partial charge is 0.478 e. The number of benzene rings is 1. The van der Waals surface area contributed by atoms with Gasteiger partial charge in [-0.3, -0.25) is 4.72 Å². The first-order chi connectivity index (χ1) is 12.6. The molecule has 2 heterocycles. The standard InChI is InChI=1S/C15H9F3N2O5S2/c16-15(17,18)12-7-10(19-25-12)11-4-5-13(26-11)27(23,24)20-9-3-1-2-8(6-9)14(21)22/h1-7,20H,(H,21,22). The van der Waals surface area contributed by atoms with Crippen LogP contribution in [0.25, 0.3) is 10.6 Å². The second kappa shape index (κ2) is 6.70. The Labute approximate surface area is 154 Å². The minimum absolute atomic E-state index is 0.0330. The van der Waals surface area contributed by atoms with Gasteiger partial charge in [0, 0.05) is 11.8 Å². The molecule has 0 fully saturated rings. The van der Waals surface area contributed by atoms with Gasteiger partial charge in [-0.1, -0.05) is 11.2 Å². The van der Waals surface area contributed by atoms with Crippen molar-refractivity contribution < 1.29 is 36.0 Å². The summed E-state index contributed by atoms with van der Waals surface area (Å²) in [6, 6.07) is 8.34. The van der Waals surface area contributed by atoms with Gasteiger partial charge in [0.05, 0.1) is 10.4 Å². The van der Waals surface area contributed by atoms with E-state index < -0.39 is 27.9 Å². The van der Waals surface area contributed by atoms with E-state index in [0.29, 0.717) is 17.4 Å². The molecular weight excluding hydrogens is 409 g/mol. The molecule has 0 bridgehead atoms. The van der Waals surface area contributed by atoms with Crippen LogP contribution in [0.5, 0.6) is 0 Å². The molecule has 1 aromatic carbocycles. The van der Waals surface area contributed by atoms with Gasteiger partial charge in [0.25, 0.3) is 10.0 Å². The van der Waals surface area contributed by atoms with Crippen LogP contribution in [-0.2, 0) is 16.2 Å². The SMILES string of the molecule is O=C(O)c1cccc(NS(=O)(=O)c2ccc(-c3cc(C(F)(F)F)on3)s2)c1. The Balaban J connectivity index is 1.86. The van der Waals surface area contributed by atoms with Crippen molar-refractivity contribution in [3.63, 3.8) is 0 Å². The first kappa shape index (κ1) is 18.9. The summed E-state index contributed by atoms with van der Waals surface area (Å²) in [5.41, 5.74) is -0.225. The van der Waals surface area contributed by atoms with Crippen molar-refractivity contribution in [3.8, 4) is 10.6 Å². The second-order valence-corrected chi connectivity index (χ2v) is 8.18. The smallest absolute Gasteiger partial charge is 0.452 e. The number of nitrogens with zero attached hydrogens (tertiary/aromatic N) is 1. The van der Waals surface area contributed by atoms with Gasteiger partial charge in [0.1, 0.15) is 9.90 Å². The minimum Gasteiger partial charge on any atom is -0.478 e. The van der Waals surface area contributed by atoms with E-state index in [1.54, 1.807) is 0 Å². The van der Waals surface area contributed by atoms with Gasteiger partial charge >= 0.3 is 12.1 Å². The number of aromatic carboxylic acids is 1. The Kier molecular flexibility index (Phi) is 4.70. The third-order valence-electron chi connectivity index (χ3n) is 3.25. The molecule has 0 aliphatic carbocycles. The van der Waals surface area contributed by atoms with Gasteiger partial charge in [-0.2, -0.15) is 13.2 Å². The molecule has 0 amide bonds. The van der Waals surface area contributed by atoms with E-state index in [1.807, 2.05) is 0 Å². The van der Waals surface area contributed by atoms with Crippen LogP contribution in [0.3, 0.4) is 0 Å². The number of nitrogens with one attached hydrogen (secondary N) is 1. The fraction of sp³-hybridized carbons (Fsp3) is 0.0667. The van der Waals surface area contributed by atoms with E-state index in [4.69, 9.17) is 5.11 Å². The third-order valence-corrected chi connectivity index (χ3v) is 6.23. The summed E-state index contributed by atoms with van der Waals surface area (Å²) < 4.78 is 68.8. The summed E-state index contributed by atoms with van der Waals surface area (Å²) in [7, 11) is -4.07. The molecule has 0 saturated heterocycles. The van der Waals surface area contributed by atoms with Crippen LogP contribution < -0.4 is 4.72 Å². The number of rotatable bonds is 5. The lowest BCUT2D eigenvalue weighted by molar-refractivity contribution is -0.155. The van der Waals surface area contributed by atoms with Crippen LogP contribution in [0.4, 0.5) is 18.9 Å². The lowest BCUT2D eigenvalue weighted by atomic mass is 10.2. The predicted molar refractivity (Wildman–Crippen MR) is 89.0 cm³/mol. The molecule has 0 radical (unpaired) electrons. The van der Waals surface area contributed by atoms with E-state index in [9.17, 15) is 26.4 Å². The number of hydrogen-bond acceptors (Lipinski definition) is 6. The fourth-order valence-corrected chi connectivity index (χ4v) is 4.36. The number of thiophene rings is 1. The first-order valence-electron chi connectivity index (χ1n) is 7.06. The number of alkyl halides is 3. The molecule has 0 atom stereocenters. The van der Waals surface area contributed by atoms with E-state index in [0.717, 1.165) is 6.07 Å². The van der Waals surface area contributed by atoms with E-state index in [2.05, 4.69) is 14.4 Å². The van der Waals surface area contributed by atoms with Crippen LogP contribution >= 0.6 is 11.3 Å². The van der Waals surface area contributed by atoms with E-state index >= 15 is 0 Å².